The number of aldehydes is 1. The van der Waals surface area contributed by atoms with E-state index in [-0.39, 0.29) is 17.0 Å². The Morgan fingerprint density at radius 3 is 2.21 bits per heavy atom. The summed E-state index contributed by atoms with van der Waals surface area (Å²) in [4.78, 5) is 31.3. The highest BCUT2D eigenvalue weighted by Crippen LogP contribution is 2.32. The Kier molecular flexibility index (Phi) is 11.7. The van der Waals surface area contributed by atoms with Crippen molar-refractivity contribution in [2.45, 2.75) is 44.6 Å². The summed E-state index contributed by atoms with van der Waals surface area (Å²) in [6.07, 6.45) is -2.85. The summed E-state index contributed by atoms with van der Waals surface area (Å²) < 4.78 is 88.2. The number of rotatable bonds is 9. The van der Waals surface area contributed by atoms with Gasteiger partial charge in [0, 0.05) is 37.1 Å². The van der Waals surface area contributed by atoms with Crippen molar-refractivity contribution < 1.29 is 40.6 Å². The van der Waals surface area contributed by atoms with Gasteiger partial charge in [-0.2, -0.15) is 31.4 Å². The predicted molar refractivity (Wildman–Crippen MR) is 139 cm³/mol. The summed E-state index contributed by atoms with van der Waals surface area (Å²) in [5.41, 5.74) is 1.42. The van der Waals surface area contributed by atoms with Gasteiger partial charge in [0.2, 0.25) is 0 Å². The lowest BCUT2D eigenvalue weighted by Gasteiger charge is -2.15. The third-order valence-electron chi connectivity index (χ3n) is 5.63. The van der Waals surface area contributed by atoms with E-state index in [2.05, 4.69) is 22.0 Å². The maximum Gasteiger partial charge on any atom is 0.423 e. The van der Waals surface area contributed by atoms with Gasteiger partial charge in [-0.3, -0.25) is 9.59 Å². The van der Waals surface area contributed by atoms with Crippen molar-refractivity contribution >= 4 is 18.0 Å². The van der Waals surface area contributed by atoms with Crippen molar-refractivity contribution in [3.8, 4) is 11.4 Å². The molecule has 0 spiro atoms. The molecule has 1 atom stereocenters. The van der Waals surface area contributed by atoms with E-state index in [0.29, 0.717) is 11.8 Å². The predicted octanol–water partition coefficient (Wildman–Crippen LogP) is 5.15. The van der Waals surface area contributed by atoms with Gasteiger partial charge in [-0.05, 0) is 36.4 Å². The Labute approximate surface area is 234 Å². The fourth-order valence-electron chi connectivity index (χ4n) is 3.43. The van der Waals surface area contributed by atoms with Crippen molar-refractivity contribution in [3.63, 3.8) is 0 Å². The van der Waals surface area contributed by atoms with Gasteiger partial charge in [-0.1, -0.05) is 19.8 Å². The first-order valence-electron chi connectivity index (χ1n) is 12.2. The molecule has 2 aromatic heterocycles. The number of carbonyl (C=O) groups excluding carboxylic acids is 1. The average molecular weight is 605 g/mol. The largest absolute Gasteiger partial charge is 0.423 e. The molecule has 4 N–H and O–H groups in total. The van der Waals surface area contributed by atoms with Crippen LogP contribution in [-0.2, 0) is 6.18 Å². The van der Waals surface area contributed by atoms with Gasteiger partial charge in [0.25, 0.3) is 5.56 Å². The number of alkyl halides is 6. The zero-order valence-corrected chi connectivity index (χ0v) is 22.3. The summed E-state index contributed by atoms with van der Waals surface area (Å²) in [5, 5.41) is 14.0. The Hall–Kier alpha value is -4.34. The molecule has 0 aliphatic carbocycles. The molecule has 0 saturated heterocycles. The number of halogens is 7. The van der Waals surface area contributed by atoms with Crippen LogP contribution in [0, 0.1) is 5.82 Å². The molecule has 0 aliphatic heterocycles. The van der Waals surface area contributed by atoms with E-state index in [0.717, 1.165) is 50.5 Å². The van der Waals surface area contributed by atoms with Crippen molar-refractivity contribution in [2.24, 2.45) is 0 Å². The number of H-pyrrole nitrogens is 1. The van der Waals surface area contributed by atoms with Crippen molar-refractivity contribution in [3.05, 3.63) is 75.3 Å². The molecule has 0 fully saturated rings. The van der Waals surface area contributed by atoms with Crippen LogP contribution in [0.1, 0.15) is 59.3 Å². The molecule has 2 heterocycles. The SMILES string of the molecule is CCCCCN(C)/C=C\c1cc(-c2ncc(C(O)C(F)(F)F)cn2)c(F)cc1C=O.Nc1cn[nH]c(=O)c1C(F)(F)F. The second kappa shape index (κ2) is 14.5. The molecule has 1 unspecified atom stereocenters. The minimum Gasteiger partial charge on any atom is -0.397 e. The molecule has 0 radical (unpaired) electrons. The van der Waals surface area contributed by atoms with Crippen LogP contribution in [0.5, 0.6) is 0 Å². The molecule has 3 aromatic rings. The number of aromatic nitrogens is 4. The molecule has 0 bridgehead atoms. The third-order valence-corrected chi connectivity index (χ3v) is 5.63. The number of carbonyl (C=O) groups is 1. The van der Waals surface area contributed by atoms with Crippen LogP contribution in [0.25, 0.3) is 17.5 Å². The number of nitrogens with zero attached hydrogens (tertiary/aromatic N) is 4. The molecule has 228 valence electrons. The zero-order valence-electron chi connectivity index (χ0n) is 22.3. The highest BCUT2D eigenvalue weighted by molar-refractivity contribution is 5.84. The van der Waals surface area contributed by atoms with Crippen LogP contribution in [0.4, 0.5) is 36.4 Å². The van der Waals surface area contributed by atoms with Crippen molar-refractivity contribution in [1.82, 2.24) is 25.1 Å². The van der Waals surface area contributed by atoms with Gasteiger partial charge in [0.05, 0.1) is 17.4 Å². The Balaban J connectivity index is 0.000000428. The number of anilines is 1. The smallest absolute Gasteiger partial charge is 0.397 e. The van der Waals surface area contributed by atoms with E-state index in [1.807, 2.05) is 11.9 Å². The molecule has 3 rings (SSSR count). The number of nitrogens with two attached hydrogens (primary N) is 1. The van der Waals surface area contributed by atoms with Gasteiger partial charge >= 0.3 is 12.4 Å². The quantitative estimate of drug-likeness (QED) is 0.173. The number of hydrogen-bond donors (Lipinski definition) is 3. The van der Waals surface area contributed by atoms with Crippen LogP contribution in [0.15, 0.2) is 41.7 Å². The average Bonchev–Trinajstić information content (AvgIpc) is 2.91. The third kappa shape index (κ3) is 9.36. The van der Waals surface area contributed by atoms with Crippen molar-refractivity contribution in [1.29, 1.82) is 0 Å². The lowest BCUT2D eigenvalue weighted by atomic mass is 10.0. The van der Waals surface area contributed by atoms with Crippen LogP contribution in [0.2, 0.25) is 0 Å². The van der Waals surface area contributed by atoms with E-state index < -0.39 is 46.6 Å². The molecule has 9 nitrogen and oxygen atoms in total. The number of hydrogen-bond acceptors (Lipinski definition) is 8. The van der Waals surface area contributed by atoms with Gasteiger partial charge in [0.1, 0.15) is 11.4 Å². The highest BCUT2D eigenvalue weighted by Gasteiger charge is 2.40. The van der Waals surface area contributed by atoms with E-state index in [1.165, 1.54) is 6.07 Å². The fraction of sp³-hybridized carbons (Fsp3) is 0.346. The first-order valence-corrected chi connectivity index (χ1v) is 12.2. The summed E-state index contributed by atoms with van der Waals surface area (Å²) in [6.45, 7) is 2.92. The first-order chi connectivity index (χ1) is 19.6. The van der Waals surface area contributed by atoms with Crippen LogP contribution in [-0.4, -0.2) is 56.2 Å². The van der Waals surface area contributed by atoms with Gasteiger partial charge in [-0.25, -0.2) is 19.5 Å². The zero-order chi connectivity index (χ0) is 31.7. The van der Waals surface area contributed by atoms with Crippen molar-refractivity contribution in [2.75, 3.05) is 19.3 Å². The molecule has 16 heteroatoms. The number of nitrogens with one attached hydrogen (secondary N) is 1. The molecule has 0 saturated carbocycles. The van der Waals surface area contributed by atoms with E-state index >= 15 is 0 Å². The van der Waals surface area contributed by atoms with E-state index in [4.69, 9.17) is 5.73 Å². The Morgan fingerprint density at radius 2 is 1.71 bits per heavy atom. The van der Waals surface area contributed by atoms with E-state index in [9.17, 15) is 45.4 Å². The lowest BCUT2D eigenvalue weighted by Crippen LogP contribution is -2.24. The van der Waals surface area contributed by atoms with Crippen LogP contribution in [0.3, 0.4) is 0 Å². The summed E-state index contributed by atoms with van der Waals surface area (Å²) in [7, 11) is 1.88. The topological polar surface area (TPSA) is 138 Å². The number of benzene rings is 1. The Bertz CT molecular complexity index is 1420. The standard InChI is InChI=1S/C21H23F4N3O2.C5H4F3N3O/c1-3-4-5-7-28(2)8-6-14-9-17(18(22)10-15(14)13-29)20-26-11-16(12-27-20)19(30)21(23,24)25;6-5(7,8)3-2(9)1-10-11-4(3)12/h6,8-13,19,30H,3-5,7H2,1-2H3;1H,(H3,9,11,12)/b8-6-;. The number of aromatic amines is 1. The van der Waals surface area contributed by atoms with Gasteiger partial charge < -0.3 is 15.7 Å². The van der Waals surface area contributed by atoms with Crippen LogP contribution < -0.4 is 11.3 Å². The summed E-state index contributed by atoms with van der Waals surface area (Å²) >= 11 is 0. The molecule has 42 heavy (non-hydrogen) atoms. The normalized spacial score (nSPS) is 12.5. The second-order valence-electron chi connectivity index (χ2n) is 8.89. The monoisotopic (exact) mass is 604 g/mol. The van der Waals surface area contributed by atoms with Crippen LogP contribution >= 0.6 is 0 Å². The number of nitrogen functional groups attached to an aromatic ring is 1. The van der Waals surface area contributed by atoms with Gasteiger partial charge in [0.15, 0.2) is 18.2 Å². The molecule has 1 aromatic carbocycles. The van der Waals surface area contributed by atoms with Gasteiger partial charge in [-0.15, -0.1) is 0 Å². The highest BCUT2D eigenvalue weighted by atomic mass is 19.4. The fourth-order valence-corrected chi connectivity index (χ4v) is 3.43. The minimum atomic E-state index is -4.86. The minimum absolute atomic E-state index is 0.0677. The molecule has 0 aliphatic rings. The number of unbranched alkanes of at least 4 members (excludes halogenated alkanes) is 2. The summed E-state index contributed by atoms with van der Waals surface area (Å²) in [5.74, 6) is -0.941. The molecule has 0 amide bonds. The number of aliphatic hydroxyl groups is 1. The van der Waals surface area contributed by atoms with E-state index in [1.54, 1.807) is 17.4 Å². The number of aliphatic hydroxyl groups excluding tert-OH is 1. The second-order valence-corrected chi connectivity index (χ2v) is 8.89. The maximum absolute atomic E-state index is 14.5. The Morgan fingerprint density at radius 1 is 1.07 bits per heavy atom. The lowest BCUT2D eigenvalue weighted by molar-refractivity contribution is -0.206. The summed E-state index contributed by atoms with van der Waals surface area (Å²) in [6, 6.07) is 2.39. The maximum atomic E-state index is 14.5. The molecular formula is C26H27F7N6O3. The first kappa shape index (κ1) is 33.9. The molecular weight excluding hydrogens is 577 g/mol.